The maximum absolute atomic E-state index is 6.05. The van der Waals surface area contributed by atoms with Crippen LogP contribution in [0.25, 0.3) is 0 Å². The lowest BCUT2D eigenvalue weighted by Crippen LogP contribution is -2.48. The van der Waals surface area contributed by atoms with Crippen molar-refractivity contribution < 1.29 is 9.47 Å². The molecule has 26 heavy (non-hydrogen) atoms. The number of pyridine rings is 1. The molecule has 1 aromatic carbocycles. The molecule has 0 spiro atoms. The van der Waals surface area contributed by atoms with Gasteiger partial charge in [0.25, 0.3) is 0 Å². The first-order valence-electron chi connectivity index (χ1n) is 9.05. The fourth-order valence-corrected chi connectivity index (χ4v) is 2.97. The van der Waals surface area contributed by atoms with Crippen molar-refractivity contribution in [3.05, 3.63) is 54.9 Å². The summed E-state index contributed by atoms with van der Waals surface area (Å²) in [6.07, 6.45) is 5.69. The van der Waals surface area contributed by atoms with Crippen LogP contribution in [0.1, 0.15) is 12.8 Å². The Morgan fingerprint density at radius 2 is 1.92 bits per heavy atom. The number of para-hydroxylation sites is 1. The minimum atomic E-state index is 0.265. The third kappa shape index (κ3) is 5.37. The van der Waals surface area contributed by atoms with Crippen molar-refractivity contribution in [3.8, 4) is 11.5 Å². The van der Waals surface area contributed by atoms with Gasteiger partial charge in [-0.3, -0.25) is 9.98 Å². The van der Waals surface area contributed by atoms with E-state index in [1.54, 1.807) is 12.4 Å². The maximum Gasteiger partial charge on any atom is 0.193 e. The first kappa shape index (κ1) is 18.0. The highest BCUT2D eigenvalue weighted by molar-refractivity contribution is 5.79. The topological polar surface area (TPSA) is 59.0 Å². The standard InChI is InChI=1S/C20H26N4O2/c1-21-20(23-12-15-25-19-8-5-11-22-16-19)24-13-9-18(10-14-24)26-17-6-3-2-4-7-17/h2-8,11,16,18H,9-10,12-15H2,1H3,(H,21,23). The fraction of sp³-hybridized carbons (Fsp3) is 0.400. The average Bonchev–Trinajstić information content (AvgIpc) is 2.70. The molecule has 138 valence electrons. The molecule has 1 saturated heterocycles. The normalized spacial score (nSPS) is 15.6. The molecule has 3 rings (SSSR count). The van der Waals surface area contributed by atoms with Crippen LogP contribution in [0.4, 0.5) is 0 Å². The minimum Gasteiger partial charge on any atom is -0.490 e. The highest BCUT2D eigenvalue weighted by atomic mass is 16.5. The van der Waals surface area contributed by atoms with E-state index in [2.05, 4.69) is 20.2 Å². The SMILES string of the molecule is CN=C(NCCOc1cccnc1)N1CCC(Oc2ccccc2)CC1. The van der Waals surface area contributed by atoms with Gasteiger partial charge in [0.1, 0.15) is 24.2 Å². The molecule has 0 saturated carbocycles. The van der Waals surface area contributed by atoms with Gasteiger partial charge in [-0.1, -0.05) is 18.2 Å². The summed E-state index contributed by atoms with van der Waals surface area (Å²) in [7, 11) is 1.82. The van der Waals surface area contributed by atoms with Crippen molar-refractivity contribution in [2.24, 2.45) is 4.99 Å². The van der Waals surface area contributed by atoms with Crippen LogP contribution in [0, 0.1) is 0 Å². The van der Waals surface area contributed by atoms with E-state index in [9.17, 15) is 0 Å². The second-order valence-corrected chi connectivity index (χ2v) is 6.13. The van der Waals surface area contributed by atoms with Crippen LogP contribution in [0.2, 0.25) is 0 Å². The predicted octanol–water partition coefficient (Wildman–Crippen LogP) is 2.58. The number of guanidine groups is 1. The number of nitrogens with one attached hydrogen (secondary N) is 1. The van der Waals surface area contributed by atoms with E-state index in [0.717, 1.165) is 43.4 Å². The molecule has 0 bridgehead atoms. The number of aliphatic imine (C=N–C) groups is 1. The summed E-state index contributed by atoms with van der Waals surface area (Å²) in [6, 6.07) is 13.8. The number of benzene rings is 1. The molecule has 0 amide bonds. The molecule has 0 aliphatic carbocycles. The molecule has 1 fully saturated rings. The number of hydrogen-bond donors (Lipinski definition) is 1. The molecule has 0 unspecified atom stereocenters. The van der Waals surface area contributed by atoms with Crippen LogP contribution in [0.3, 0.4) is 0 Å². The molecule has 2 heterocycles. The number of ether oxygens (including phenoxy) is 2. The molecule has 6 nitrogen and oxygen atoms in total. The highest BCUT2D eigenvalue weighted by Crippen LogP contribution is 2.18. The Hall–Kier alpha value is -2.76. The van der Waals surface area contributed by atoms with E-state index in [4.69, 9.17) is 9.47 Å². The Morgan fingerprint density at radius 1 is 1.15 bits per heavy atom. The number of piperidine rings is 1. The number of nitrogens with zero attached hydrogens (tertiary/aromatic N) is 3. The Labute approximate surface area is 154 Å². The average molecular weight is 354 g/mol. The van der Waals surface area contributed by atoms with Gasteiger partial charge in [0.2, 0.25) is 0 Å². The van der Waals surface area contributed by atoms with E-state index >= 15 is 0 Å². The van der Waals surface area contributed by atoms with Crippen LogP contribution < -0.4 is 14.8 Å². The Morgan fingerprint density at radius 3 is 2.62 bits per heavy atom. The Kier molecular flexibility index (Phi) is 6.70. The molecule has 1 aliphatic rings. The van der Waals surface area contributed by atoms with Gasteiger partial charge < -0.3 is 19.7 Å². The van der Waals surface area contributed by atoms with Gasteiger partial charge >= 0.3 is 0 Å². The fourth-order valence-electron chi connectivity index (χ4n) is 2.97. The molecule has 6 heteroatoms. The molecular weight excluding hydrogens is 328 g/mol. The van der Waals surface area contributed by atoms with Gasteiger partial charge in [-0.15, -0.1) is 0 Å². The van der Waals surface area contributed by atoms with Gasteiger partial charge in [-0.05, 0) is 24.3 Å². The second kappa shape index (κ2) is 9.65. The predicted molar refractivity (Wildman–Crippen MR) is 103 cm³/mol. The van der Waals surface area contributed by atoms with Gasteiger partial charge in [-0.2, -0.15) is 0 Å². The van der Waals surface area contributed by atoms with E-state index < -0.39 is 0 Å². The largest absolute Gasteiger partial charge is 0.490 e. The summed E-state index contributed by atoms with van der Waals surface area (Å²) < 4.78 is 11.7. The third-order valence-corrected chi connectivity index (χ3v) is 4.29. The van der Waals surface area contributed by atoms with E-state index in [1.165, 1.54) is 0 Å². The summed E-state index contributed by atoms with van der Waals surface area (Å²) in [4.78, 5) is 10.7. The molecular formula is C20H26N4O2. The smallest absolute Gasteiger partial charge is 0.193 e. The quantitative estimate of drug-likeness (QED) is 0.491. The highest BCUT2D eigenvalue weighted by Gasteiger charge is 2.22. The van der Waals surface area contributed by atoms with Crippen LogP contribution >= 0.6 is 0 Å². The molecule has 1 aromatic heterocycles. The van der Waals surface area contributed by atoms with Crippen molar-refractivity contribution in [1.29, 1.82) is 0 Å². The Balaban J connectivity index is 1.38. The van der Waals surface area contributed by atoms with Gasteiger partial charge in [0.05, 0.1) is 12.7 Å². The van der Waals surface area contributed by atoms with Gasteiger partial charge in [0, 0.05) is 39.2 Å². The van der Waals surface area contributed by atoms with Crippen LogP contribution in [-0.4, -0.2) is 55.2 Å². The summed E-state index contributed by atoms with van der Waals surface area (Å²) >= 11 is 0. The van der Waals surface area contributed by atoms with Crippen molar-refractivity contribution in [2.75, 3.05) is 33.3 Å². The van der Waals surface area contributed by atoms with Crippen molar-refractivity contribution in [1.82, 2.24) is 15.2 Å². The van der Waals surface area contributed by atoms with E-state index in [0.29, 0.717) is 13.2 Å². The van der Waals surface area contributed by atoms with Crippen LogP contribution in [0.15, 0.2) is 59.9 Å². The van der Waals surface area contributed by atoms with Crippen LogP contribution in [-0.2, 0) is 0 Å². The maximum atomic E-state index is 6.05. The lowest BCUT2D eigenvalue weighted by molar-refractivity contribution is 0.129. The molecule has 0 atom stereocenters. The van der Waals surface area contributed by atoms with Gasteiger partial charge in [-0.25, -0.2) is 0 Å². The Bertz CT molecular complexity index is 671. The zero-order chi connectivity index (χ0) is 18.0. The summed E-state index contributed by atoms with van der Waals surface area (Å²) in [5, 5.41) is 3.36. The van der Waals surface area contributed by atoms with Gasteiger partial charge in [0.15, 0.2) is 5.96 Å². The summed E-state index contributed by atoms with van der Waals surface area (Å²) in [5.74, 6) is 2.64. The minimum absolute atomic E-state index is 0.265. The molecule has 1 aliphatic heterocycles. The number of hydrogen-bond acceptors (Lipinski definition) is 4. The summed E-state index contributed by atoms with van der Waals surface area (Å²) in [5.41, 5.74) is 0. The van der Waals surface area contributed by atoms with Crippen molar-refractivity contribution >= 4 is 5.96 Å². The van der Waals surface area contributed by atoms with Crippen molar-refractivity contribution in [2.45, 2.75) is 18.9 Å². The van der Waals surface area contributed by atoms with E-state index in [-0.39, 0.29) is 6.10 Å². The second-order valence-electron chi connectivity index (χ2n) is 6.13. The molecule has 0 radical (unpaired) electrons. The first-order chi connectivity index (χ1) is 12.8. The zero-order valence-corrected chi connectivity index (χ0v) is 15.2. The lowest BCUT2D eigenvalue weighted by atomic mass is 10.1. The number of aromatic nitrogens is 1. The lowest BCUT2D eigenvalue weighted by Gasteiger charge is -2.34. The number of likely N-dealkylation sites (tertiary alicyclic amines) is 1. The summed E-state index contributed by atoms with van der Waals surface area (Å²) in [6.45, 7) is 3.13. The first-order valence-corrected chi connectivity index (χ1v) is 9.05. The molecule has 2 aromatic rings. The van der Waals surface area contributed by atoms with Crippen LogP contribution in [0.5, 0.6) is 11.5 Å². The monoisotopic (exact) mass is 354 g/mol. The third-order valence-electron chi connectivity index (χ3n) is 4.29. The van der Waals surface area contributed by atoms with E-state index in [1.807, 2.05) is 49.5 Å². The molecule has 1 N–H and O–H groups in total. The van der Waals surface area contributed by atoms with Crippen molar-refractivity contribution in [3.63, 3.8) is 0 Å². The zero-order valence-electron chi connectivity index (χ0n) is 15.2. The number of rotatable bonds is 6.